The van der Waals surface area contributed by atoms with E-state index in [1.807, 2.05) is 6.92 Å². The van der Waals surface area contributed by atoms with Gasteiger partial charge in [-0.25, -0.2) is 0 Å². The van der Waals surface area contributed by atoms with E-state index in [2.05, 4.69) is 13.2 Å². The lowest BCUT2D eigenvalue weighted by atomic mass is 10.2. The molecule has 64 valence electrons. The third kappa shape index (κ3) is 3.35. The van der Waals surface area contributed by atoms with Crippen molar-refractivity contribution in [3.63, 3.8) is 0 Å². The molecule has 0 aromatic heterocycles. The highest BCUT2D eigenvalue weighted by atomic mass is 16.5. The van der Waals surface area contributed by atoms with E-state index in [1.165, 1.54) is 0 Å². The summed E-state index contributed by atoms with van der Waals surface area (Å²) in [6, 6.07) is 0. The first-order valence-corrected chi connectivity index (χ1v) is 3.69. The first kappa shape index (κ1) is 10.4. The van der Waals surface area contributed by atoms with Crippen LogP contribution in [0.25, 0.3) is 0 Å². The topological polar surface area (TPSA) is 18.5 Å². The minimum Gasteiger partial charge on any atom is -0.374 e. The third-order valence-electron chi connectivity index (χ3n) is 1.42. The molecule has 2 atom stereocenters. The maximum atomic E-state index is 5.32. The van der Waals surface area contributed by atoms with Crippen molar-refractivity contribution in [1.29, 1.82) is 0 Å². The summed E-state index contributed by atoms with van der Waals surface area (Å²) in [7, 11) is 1.63. The van der Waals surface area contributed by atoms with Gasteiger partial charge in [-0.3, -0.25) is 0 Å². The molecule has 0 spiro atoms. The Hall–Kier alpha value is -0.600. The van der Waals surface area contributed by atoms with Crippen LogP contribution in [0.4, 0.5) is 0 Å². The van der Waals surface area contributed by atoms with Gasteiger partial charge >= 0.3 is 0 Å². The molecule has 0 radical (unpaired) electrons. The minimum absolute atomic E-state index is 0.0810. The van der Waals surface area contributed by atoms with E-state index in [9.17, 15) is 0 Å². The van der Waals surface area contributed by atoms with Crippen LogP contribution in [0.1, 0.15) is 6.92 Å². The molecule has 0 bridgehead atoms. The lowest BCUT2D eigenvalue weighted by molar-refractivity contribution is -0.00425. The molecule has 2 unspecified atom stereocenters. The molecule has 0 N–H and O–H groups in total. The predicted molar refractivity (Wildman–Crippen MR) is 46.6 cm³/mol. The molecule has 0 aliphatic rings. The van der Waals surface area contributed by atoms with Crippen molar-refractivity contribution in [2.24, 2.45) is 0 Å². The zero-order valence-corrected chi connectivity index (χ0v) is 7.25. The van der Waals surface area contributed by atoms with Gasteiger partial charge in [0.1, 0.15) is 12.2 Å². The largest absolute Gasteiger partial charge is 0.374 e. The van der Waals surface area contributed by atoms with Gasteiger partial charge in [-0.2, -0.15) is 0 Å². The fourth-order valence-corrected chi connectivity index (χ4v) is 0.854. The predicted octanol–water partition coefficient (Wildman–Crippen LogP) is 1.78. The van der Waals surface area contributed by atoms with Crippen molar-refractivity contribution in [2.75, 3.05) is 13.7 Å². The summed E-state index contributed by atoms with van der Waals surface area (Å²) in [6.07, 6.45) is 3.26. The van der Waals surface area contributed by atoms with Gasteiger partial charge in [0, 0.05) is 13.7 Å². The summed E-state index contributed by atoms with van der Waals surface area (Å²) >= 11 is 0. The van der Waals surface area contributed by atoms with Gasteiger partial charge in [0.05, 0.1) is 0 Å². The average Bonchev–Trinajstić information content (AvgIpc) is 2.05. The standard InChI is InChI=1S/C9H16O2/c1-5-8(10-4)9(6-2)11-7-3/h5-6,8-9H,1-2,7H2,3-4H3. The number of rotatable bonds is 6. The van der Waals surface area contributed by atoms with Crippen LogP contribution in [0.5, 0.6) is 0 Å². The Bertz CT molecular complexity index is 121. The molecule has 0 aliphatic carbocycles. The Morgan fingerprint density at radius 2 is 1.82 bits per heavy atom. The van der Waals surface area contributed by atoms with Crippen LogP contribution in [0, 0.1) is 0 Å². The normalized spacial score (nSPS) is 15.5. The molecule has 0 aliphatic heterocycles. The molecule has 0 rings (SSSR count). The third-order valence-corrected chi connectivity index (χ3v) is 1.42. The Labute approximate surface area is 68.5 Å². The molecule has 2 nitrogen and oxygen atoms in total. The van der Waals surface area contributed by atoms with Crippen LogP contribution in [-0.2, 0) is 9.47 Å². The molecule has 0 saturated carbocycles. The first-order chi connectivity index (χ1) is 5.29. The van der Waals surface area contributed by atoms with E-state index in [4.69, 9.17) is 9.47 Å². The number of hydrogen-bond acceptors (Lipinski definition) is 2. The molecule has 2 heteroatoms. The number of hydrogen-bond donors (Lipinski definition) is 0. The Balaban J connectivity index is 3.96. The molecule has 0 aromatic carbocycles. The molecule has 0 aromatic rings. The highest BCUT2D eigenvalue weighted by Crippen LogP contribution is 2.05. The molecular formula is C9H16O2. The summed E-state index contributed by atoms with van der Waals surface area (Å²) in [5.74, 6) is 0. The fraction of sp³-hybridized carbons (Fsp3) is 0.556. The Morgan fingerprint density at radius 1 is 1.27 bits per heavy atom. The summed E-state index contributed by atoms with van der Waals surface area (Å²) in [6.45, 7) is 9.87. The maximum Gasteiger partial charge on any atom is 0.105 e. The quantitative estimate of drug-likeness (QED) is 0.546. The highest BCUT2D eigenvalue weighted by molar-refractivity contribution is 4.95. The molecule has 0 heterocycles. The van der Waals surface area contributed by atoms with E-state index in [0.717, 1.165) is 0 Å². The van der Waals surface area contributed by atoms with Crippen molar-refractivity contribution < 1.29 is 9.47 Å². The van der Waals surface area contributed by atoms with Gasteiger partial charge in [0.2, 0.25) is 0 Å². The van der Waals surface area contributed by atoms with E-state index >= 15 is 0 Å². The van der Waals surface area contributed by atoms with Crippen molar-refractivity contribution >= 4 is 0 Å². The summed E-state index contributed by atoms with van der Waals surface area (Å²) in [4.78, 5) is 0. The maximum absolute atomic E-state index is 5.32. The number of ether oxygens (including phenoxy) is 2. The van der Waals surface area contributed by atoms with E-state index in [0.29, 0.717) is 6.61 Å². The molecule has 11 heavy (non-hydrogen) atoms. The second-order valence-electron chi connectivity index (χ2n) is 2.09. The highest BCUT2D eigenvalue weighted by Gasteiger charge is 2.13. The Kier molecular flexibility index (Phi) is 5.80. The second kappa shape index (κ2) is 6.13. The van der Waals surface area contributed by atoms with E-state index < -0.39 is 0 Å². The van der Waals surface area contributed by atoms with Crippen LogP contribution in [0.15, 0.2) is 25.3 Å². The zero-order valence-electron chi connectivity index (χ0n) is 7.25. The van der Waals surface area contributed by atoms with Gasteiger partial charge in [-0.05, 0) is 6.92 Å². The van der Waals surface area contributed by atoms with Gasteiger partial charge in [-0.1, -0.05) is 12.2 Å². The van der Waals surface area contributed by atoms with Crippen LogP contribution in [0.2, 0.25) is 0 Å². The summed E-state index contributed by atoms with van der Waals surface area (Å²) in [5.41, 5.74) is 0. The van der Waals surface area contributed by atoms with Crippen molar-refractivity contribution in [1.82, 2.24) is 0 Å². The fourth-order valence-electron chi connectivity index (χ4n) is 0.854. The second-order valence-corrected chi connectivity index (χ2v) is 2.09. The monoisotopic (exact) mass is 156 g/mol. The van der Waals surface area contributed by atoms with E-state index in [-0.39, 0.29) is 12.2 Å². The van der Waals surface area contributed by atoms with Gasteiger partial charge in [0.15, 0.2) is 0 Å². The van der Waals surface area contributed by atoms with Gasteiger partial charge in [-0.15, -0.1) is 13.2 Å². The average molecular weight is 156 g/mol. The lowest BCUT2D eigenvalue weighted by Gasteiger charge is -2.19. The molecule has 0 fully saturated rings. The Morgan fingerprint density at radius 3 is 2.09 bits per heavy atom. The zero-order chi connectivity index (χ0) is 8.69. The SMILES string of the molecule is C=CC(OC)C(C=C)OCC. The van der Waals surface area contributed by atoms with Crippen molar-refractivity contribution in [2.45, 2.75) is 19.1 Å². The molecule has 0 saturated heterocycles. The van der Waals surface area contributed by atoms with Crippen molar-refractivity contribution in [3.8, 4) is 0 Å². The van der Waals surface area contributed by atoms with Crippen molar-refractivity contribution in [3.05, 3.63) is 25.3 Å². The smallest absolute Gasteiger partial charge is 0.105 e. The first-order valence-electron chi connectivity index (χ1n) is 3.69. The van der Waals surface area contributed by atoms with E-state index in [1.54, 1.807) is 19.3 Å². The summed E-state index contributed by atoms with van der Waals surface area (Å²) < 4.78 is 10.4. The molecular weight excluding hydrogens is 140 g/mol. The van der Waals surface area contributed by atoms with Crippen LogP contribution < -0.4 is 0 Å². The van der Waals surface area contributed by atoms with Crippen LogP contribution in [-0.4, -0.2) is 25.9 Å². The minimum atomic E-state index is -0.0903. The molecule has 0 amide bonds. The van der Waals surface area contributed by atoms with Gasteiger partial charge in [0.25, 0.3) is 0 Å². The van der Waals surface area contributed by atoms with Crippen LogP contribution >= 0.6 is 0 Å². The summed E-state index contributed by atoms with van der Waals surface area (Å²) in [5, 5.41) is 0. The van der Waals surface area contributed by atoms with Crippen LogP contribution in [0.3, 0.4) is 0 Å². The number of methoxy groups -OCH3 is 1. The van der Waals surface area contributed by atoms with Gasteiger partial charge < -0.3 is 9.47 Å². The lowest BCUT2D eigenvalue weighted by Crippen LogP contribution is -2.26.